The molecule has 1 N–H and O–H groups in total. The first-order valence-electron chi connectivity index (χ1n) is 11.5. The van der Waals surface area contributed by atoms with E-state index in [1.807, 2.05) is 61.5 Å². The first kappa shape index (κ1) is 25.5. The minimum atomic E-state index is -1.01. The number of aliphatic hydroxyl groups is 1. The standard InChI is InChI=1S/C27H33NO6/c1-19(13-14-33-17-22-9-11-24(32-3)12-10-22)15-25(29)20(2)26(30)28-23(18-34-27(28)31)16-21-7-5-4-6-8-21/h4-12,15,20,23,25,29H,13-14,16-18H2,1-3H3/b19-15-/t20-,23-,25+/m0/s1. The Morgan fingerprint density at radius 1 is 1.18 bits per heavy atom. The number of methoxy groups -OCH3 is 1. The van der Waals surface area contributed by atoms with Crippen molar-refractivity contribution in [3.63, 3.8) is 0 Å². The molecule has 1 fully saturated rings. The molecule has 0 radical (unpaired) electrons. The third-order valence-corrected chi connectivity index (χ3v) is 5.94. The number of ether oxygens (including phenoxy) is 3. The summed E-state index contributed by atoms with van der Waals surface area (Å²) in [6.45, 7) is 4.64. The fraction of sp³-hybridized carbons (Fsp3) is 0.407. The lowest BCUT2D eigenvalue weighted by Gasteiger charge is -2.25. The van der Waals surface area contributed by atoms with Crippen LogP contribution in [0.1, 0.15) is 31.4 Å². The number of amides is 2. The number of cyclic esters (lactones) is 1. The van der Waals surface area contributed by atoms with Gasteiger partial charge in [-0.1, -0.05) is 61.0 Å². The van der Waals surface area contributed by atoms with Gasteiger partial charge < -0.3 is 19.3 Å². The maximum atomic E-state index is 13.0. The van der Waals surface area contributed by atoms with Crippen molar-refractivity contribution in [2.45, 2.75) is 45.4 Å². The Morgan fingerprint density at radius 3 is 2.56 bits per heavy atom. The van der Waals surface area contributed by atoms with E-state index >= 15 is 0 Å². The molecule has 2 aromatic rings. The molecule has 1 saturated heterocycles. The highest BCUT2D eigenvalue weighted by atomic mass is 16.6. The van der Waals surface area contributed by atoms with Crippen molar-refractivity contribution in [2.24, 2.45) is 5.92 Å². The quantitative estimate of drug-likeness (QED) is 0.395. The Morgan fingerprint density at radius 2 is 1.88 bits per heavy atom. The lowest BCUT2D eigenvalue weighted by Crippen LogP contribution is -2.45. The predicted molar refractivity (Wildman–Crippen MR) is 128 cm³/mol. The van der Waals surface area contributed by atoms with Crippen molar-refractivity contribution in [1.82, 2.24) is 4.90 Å². The number of benzene rings is 2. The van der Waals surface area contributed by atoms with E-state index in [1.54, 1.807) is 20.1 Å². The summed E-state index contributed by atoms with van der Waals surface area (Å²) >= 11 is 0. The van der Waals surface area contributed by atoms with Crippen LogP contribution in [0.15, 0.2) is 66.2 Å². The fourth-order valence-corrected chi connectivity index (χ4v) is 3.80. The van der Waals surface area contributed by atoms with Gasteiger partial charge in [0.15, 0.2) is 0 Å². The van der Waals surface area contributed by atoms with E-state index in [1.165, 1.54) is 0 Å². The lowest BCUT2D eigenvalue weighted by atomic mass is 9.98. The van der Waals surface area contributed by atoms with Crippen molar-refractivity contribution in [3.8, 4) is 5.75 Å². The van der Waals surface area contributed by atoms with E-state index in [2.05, 4.69) is 0 Å². The third-order valence-electron chi connectivity index (χ3n) is 5.94. The van der Waals surface area contributed by atoms with E-state index in [0.29, 0.717) is 26.1 Å². The van der Waals surface area contributed by atoms with Gasteiger partial charge >= 0.3 is 6.09 Å². The first-order chi connectivity index (χ1) is 16.4. The van der Waals surface area contributed by atoms with Crippen LogP contribution in [0, 0.1) is 5.92 Å². The molecule has 3 rings (SSSR count). The zero-order valence-corrected chi connectivity index (χ0v) is 20.0. The van der Waals surface area contributed by atoms with Crippen LogP contribution in [-0.2, 0) is 27.3 Å². The molecule has 2 amide bonds. The molecular weight excluding hydrogens is 434 g/mol. The van der Waals surface area contributed by atoms with Gasteiger partial charge in [0.25, 0.3) is 0 Å². The molecule has 0 aliphatic carbocycles. The van der Waals surface area contributed by atoms with Crippen LogP contribution in [0.5, 0.6) is 5.75 Å². The van der Waals surface area contributed by atoms with Crippen LogP contribution in [-0.4, -0.2) is 54.5 Å². The Hall–Kier alpha value is -3.16. The highest BCUT2D eigenvalue weighted by molar-refractivity contribution is 5.95. The molecule has 34 heavy (non-hydrogen) atoms. The van der Waals surface area contributed by atoms with Gasteiger partial charge in [-0.05, 0) is 43.0 Å². The van der Waals surface area contributed by atoms with E-state index < -0.39 is 24.0 Å². The zero-order valence-electron chi connectivity index (χ0n) is 20.0. The zero-order chi connectivity index (χ0) is 24.5. The molecule has 0 unspecified atom stereocenters. The van der Waals surface area contributed by atoms with Gasteiger partial charge in [0.05, 0.1) is 38.4 Å². The molecule has 7 heteroatoms. The number of carbonyl (C=O) groups is 2. The molecule has 2 aromatic carbocycles. The van der Waals surface area contributed by atoms with Crippen molar-refractivity contribution in [1.29, 1.82) is 0 Å². The van der Waals surface area contributed by atoms with Crippen molar-refractivity contribution in [3.05, 3.63) is 77.4 Å². The van der Waals surface area contributed by atoms with Crippen LogP contribution in [0.3, 0.4) is 0 Å². The monoisotopic (exact) mass is 467 g/mol. The number of carbonyl (C=O) groups excluding carboxylic acids is 2. The maximum Gasteiger partial charge on any atom is 0.416 e. The molecule has 7 nitrogen and oxygen atoms in total. The molecule has 0 saturated carbocycles. The maximum absolute atomic E-state index is 13.0. The smallest absolute Gasteiger partial charge is 0.416 e. The molecule has 182 valence electrons. The van der Waals surface area contributed by atoms with Gasteiger partial charge in [-0.2, -0.15) is 0 Å². The summed E-state index contributed by atoms with van der Waals surface area (Å²) < 4.78 is 16.0. The first-order valence-corrected chi connectivity index (χ1v) is 11.5. The second kappa shape index (κ2) is 12.3. The Bertz CT molecular complexity index is 972. The number of aliphatic hydroxyl groups excluding tert-OH is 1. The Labute approximate surface area is 200 Å². The largest absolute Gasteiger partial charge is 0.497 e. The van der Waals surface area contributed by atoms with Crippen LogP contribution in [0.4, 0.5) is 4.79 Å². The van der Waals surface area contributed by atoms with Crippen molar-refractivity contribution >= 4 is 12.0 Å². The van der Waals surface area contributed by atoms with Crippen molar-refractivity contribution in [2.75, 3.05) is 20.3 Å². The van der Waals surface area contributed by atoms with Gasteiger partial charge in [0, 0.05) is 0 Å². The van der Waals surface area contributed by atoms with Crippen LogP contribution in [0.25, 0.3) is 0 Å². The number of hydrogen-bond donors (Lipinski definition) is 1. The molecule has 0 aromatic heterocycles. The summed E-state index contributed by atoms with van der Waals surface area (Å²) in [6.07, 6.45) is 1.13. The number of imide groups is 1. The average Bonchev–Trinajstić information content (AvgIpc) is 3.21. The molecule has 1 aliphatic heterocycles. The Kier molecular flexibility index (Phi) is 9.24. The molecule has 3 atom stereocenters. The normalized spacial score (nSPS) is 17.9. The predicted octanol–water partition coefficient (Wildman–Crippen LogP) is 4.14. The summed E-state index contributed by atoms with van der Waals surface area (Å²) in [5, 5.41) is 10.6. The number of rotatable bonds is 11. The summed E-state index contributed by atoms with van der Waals surface area (Å²) in [4.78, 5) is 26.5. The summed E-state index contributed by atoms with van der Waals surface area (Å²) in [5.74, 6) is -0.413. The van der Waals surface area contributed by atoms with Crippen LogP contribution >= 0.6 is 0 Å². The van der Waals surface area contributed by atoms with E-state index in [9.17, 15) is 14.7 Å². The van der Waals surface area contributed by atoms with Gasteiger partial charge in [0.2, 0.25) is 5.91 Å². The van der Waals surface area contributed by atoms with Crippen molar-refractivity contribution < 1.29 is 28.9 Å². The van der Waals surface area contributed by atoms with Gasteiger partial charge in [-0.3, -0.25) is 4.79 Å². The summed E-state index contributed by atoms with van der Waals surface area (Å²) in [5.41, 5.74) is 2.97. The topological polar surface area (TPSA) is 85.3 Å². The highest BCUT2D eigenvalue weighted by Crippen LogP contribution is 2.22. The molecular formula is C27H33NO6. The van der Waals surface area contributed by atoms with E-state index in [4.69, 9.17) is 14.2 Å². The number of nitrogens with zero attached hydrogens (tertiary/aromatic N) is 1. The van der Waals surface area contributed by atoms with Crippen LogP contribution < -0.4 is 4.74 Å². The second-order valence-corrected chi connectivity index (χ2v) is 8.57. The fourth-order valence-electron chi connectivity index (χ4n) is 3.80. The average molecular weight is 468 g/mol. The molecule has 1 heterocycles. The minimum absolute atomic E-state index is 0.155. The van der Waals surface area contributed by atoms with Crippen LogP contribution in [0.2, 0.25) is 0 Å². The van der Waals surface area contributed by atoms with Gasteiger partial charge in [-0.15, -0.1) is 0 Å². The molecule has 0 spiro atoms. The lowest BCUT2D eigenvalue weighted by molar-refractivity contribution is -0.135. The van der Waals surface area contributed by atoms with E-state index in [-0.39, 0.29) is 12.6 Å². The van der Waals surface area contributed by atoms with E-state index in [0.717, 1.165) is 27.3 Å². The Balaban J connectivity index is 1.49. The number of hydrogen-bond acceptors (Lipinski definition) is 6. The summed E-state index contributed by atoms with van der Waals surface area (Å²) in [6, 6.07) is 16.9. The third kappa shape index (κ3) is 6.92. The molecule has 0 bridgehead atoms. The second-order valence-electron chi connectivity index (χ2n) is 8.57. The van der Waals surface area contributed by atoms with Gasteiger partial charge in [0.1, 0.15) is 12.4 Å². The molecule has 1 aliphatic rings. The summed E-state index contributed by atoms with van der Waals surface area (Å²) in [7, 11) is 1.63. The van der Waals surface area contributed by atoms with Gasteiger partial charge in [-0.25, -0.2) is 9.69 Å². The highest BCUT2D eigenvalue weighted by Gasteiger charge is 2.40. The minimum Gasteiger partial charge on any atom is -0.497 e. The SMILES string of the molecule is COc1ccc(COCC/C(C)=C\[C@@H](O)[C@H](C)C(=O)N2C(=O)OC[C@@H]2Cc2ccccc2)cc1.